The highest BCUT2D eigenvalue weighted by Crippen LogP contribution is 2.43. The van der Waals surface area contributed by atoms with E-state index < -0.39 is 5.92 Å². The van der Waals surface area contributed by atoms with Crippen LogP contribution in [0.5, 0.6) is 0 Å². The van der Waals surface area contributed by atoms with Crippen LogP contribution < -0.4 is 5.56 Å². The fourth-order valence-electron chi connectivity index (χ4n) is 3.80. The van der Waals surface area contributed by atoms with Gasteiger partial charge < -0.3 is 4.98 Å². The van der Waals surface area contributed by atoms with Crippen molar-refractivity contribution in [2.45, 2.75) is 35.3 Å². The number of aromatic amines is 1. The molecule has 1 aromatic carbocycles. The van der Waals surface area contributed by atoms with E-state index in [9.17, 15) is 13.6 Å². The van der Waals surface area contributed by atoms with Crippen molar-refractivity contribution in [1.29, 1.82) is 0 Å². The molecule has 1 fully saturated rings. The molecule has 0 saturated heterocycles. The first kappa shape index (κ1) is 19.0. The van der Waals surface area contributed by atoms with Crippen molar-refractivity contribution >= 4 is 22.8 Å². The lowest BCUT2D eigenvalue weighted by Gasteiger charge is -2.10. The quantitative estimate of drug-likeness (QED) is 0.498. The number of nitrogens with zero attached hydrogens (tertiary/aromatic N) is 3. The van der Waals surface area contributed by atoms with Crippen molar-refractivity contribution < 1.29 is 8.78 Å². The molecule has 8 heteroatoms. The van der Waals surface area contributed by atoms with E-state index in [-0.39, 0.29) is 23.7 Å². The standard InChI is InChI=1S/C22H18F2N4OS/c23-22(24)6-4-18(11-22)30-19-9-16-12-27-28(21(16)26-13-19)17-3-1-2-14(8-17)15-5-7-25-20(29)10-15/h1-3,5,7-10,12-13,18H,4,6,11H2,(H,25,29). The molecule has 5 rings (SSSR count). The summed E-state index contributed by atoms with van der Waals surface area (Å²) in [5.74, 6) is -2.55. The number of alkyl halides is 2. The Morgan fingerprint density at radius 1 is 1.13 bits per heavy atom. The van der Waals surface area contributed by atoms with Gasteiger partial charge in [0.15, 0.2) is 5.65 Å². The van der Waals surface area contributed by atoms with Gasteiger partial charge in [0.2, 0.25) is 11.5 Å². The summed E-state index contributed by atoms with van der Waals surface area (Å²) < 4.78 is 28.7. The minimum Gasteiger partial charge on any atom is -0.329 e. The Morgan fingerprint density at radius 2 is 2.00 bits per heavy atom. The zero-order valence-electron chi connectivity index (χ0n) is 15.9. The molecule has 30 heavy (non-hydrogen) atoms. The van der Waals surface area contributed by atoms with Crippen LogP contribution in [0.3, 0.4) is 0 Å². The molecule has 1 aliphatic rings. The van der Waals surface area contributed by atoms with E-state index in [1.54, 1.807) is 29.3 Å². The second-order valence-electron chi connectivity index (χ2n) is 7.47. The second kappa shape index (κ2) is 7.36. The third-order valence-corrected chi connectivity index (χ3v) is 6.47. The van der Waals surface area contributed by atoms with Gasteiger partial charge in [0, 0.05) is 46.8 Å². The van der Waals surface area contributed by atoms with Crippen LogP contribution in [0.1, 0.15) is 19.3 Å². The third kappa shape index (κ3) is 3.75. The molecular weight excluding hydrogens is 406 g/mol. The maximum Gasteiger partial charge on any atom is 0.249 e. The van der Waals surface area contributed by atoms with Crippen molar-refractivity contribution in [3.63, 3.8) is 0 Å². The number of H-pyrrole nitrogens is 1. The third-order valence-electron chi connectivity index (χ3n) is 5.24. The van der Waals surface area contributed by atoms with Gasteiger partial charge in [-0.2, -0.15) is 5.10 Å². The van der Waals surface area contributed by atoms with E-state index in [0.717, 1.165) is 27.1 Å². The topological polar surface area (TPSA) is 63.6 Å². The molecule has 3 heterocycles. The molecule has 5 nitrogen and oxygen atoms in total. The summed E-state index contributed by atoms with van der Waals surface area (Å²) in [5, 5.41) is 5.24. The molecule has 1 N–H and O–H groups in total. The molecule has 0 radical (unpaired) electrons. The van der Waals surface area contributed by atoms with E-state index in [0.29, 0.717) is 12.1 Å². The highest BCUT2D eigenvalue weighted by Gasteiger charge is 2.39. The van der Waals surface area contributed by atoms with Gasteiger partial charge in [0.1, 0.15) is 0 Å². The van der Waals surface area contributed by atoms with Gasteiger partial charge in [-0.1, -0.05) is 12.1 Å². The SMILES string of the molecule is O=c1cc(-c2cccc(-n3ncc4cc(SC5CCC(F)(F)C5)cnc43)c2)cc[nH]1. The highest BCUT2D eigenvalue weighted by atomic mass is 32.2. The van der Waals surface area contributed by atoms with Crippen LogP contribution in [0, 0.1) is 0 Å². The van der Waals surface area contributed by atoms with Crippen molar-refractivity contribution in [3.8, 4) is 16.8 Å². The maximum absolute atomic E-state index is 13.5. The summed E-state index contributed by atoms with van der Waals surface area (Å²) in [5.41, 5.74) is 3.08. The number of pyridine rings is 2. The van der Waals surface area contributed by atoms with Gasteiger partial charge in [-0.3, -0.25) is 4.79 Å². The Kier molecular flexibility index (Phi) is 4.66. The summed E-state index contributed by atoms with van der Waals surface area (Å²) in [6.45, 7) is 0. The van der Waals surface area contributed by atoms with Gasteiger partial charge in [0.05, 0.1) is 11.9 Å². The first-order valence-corrected chi connectivity index (χ1v) is 10.5. The Hall–Kier alpha value is -3.00. The number of benzene rings is 1. The highest BCUT2D eigenvalue weighted by molar-refractivity contribution is 8.00. The molecule has 0 aliphatic heterocycles. The Morgan fingerprint density at radius 3 is 2.80 bits per heavy atom. The lowest BCUT2D eigenvalue weighted by Crippen LogP contribution is -2.10. The van der Waals surface area contributed by atoms with Crippen LogP contribution in [0.15, 0.2) is 70.7 Å². The van der Waals surface area contributed by atoms with E-state index in [1.165, 1.54) is 11.8 Å². The smallest absolute Gasteiger partial charge is 0.249 e. The summed E-state index contributed by atoms with van der Waals surface area (Å²) in [6.07, 6.45) is 5.47. The Bertz CT molecular complexity index is 1280. The molecular formula is C22H18F2N4OS. The fourth-order valence-corrected chi connectivity index (χ4v) is 5.05. The van der Waals surface area contributed by atoms with Gasteiger partial charge >= 0.3 is 0 Å². The van der Waals surface area contributed by atoms with Crippen molar-refractivity contribution in [3.05, 3.63) is 71.4 Å². The number of thioether (sulfide) groups is 1. The zero-order valence-corrected chi connectivity index (χ0v) is 16.7. The monoisotopic (exact) mass is 424 g/mol. The van der Waals surface area contributed by atoms with E-state index in [4.69, 9.17) is 0 Å². The molecule has 1 aliphatic carbocycles. The second-order valence-corrected chi connectivity index (χ2v) is 8.84. The summed E-state index contributed by atoms with van der Waals surface area (Å²) in [4.78, 5) is 19.7. The largest absolute Gasteiger partial charge is 0.329 e. The number of aromatic nitrogens is 4. The van der Waals surface area contributed by atoms with Crippen LogP contribution in [0.25, 0.3) is 27.8 Å². The number of hydrogen-bond donors (Lipinski definition) is 1. The Labute approximate surface area is 175 Å². The minimum atomic E-state index is -2.55. The summed E-state index contributed by atoms with van der Waals surface area (Å²) >= 11 is 1.46. The molecule has 0 bridgehead atoms. The average molecular weight is 424 g/mol. The first-order valence-electron chi connectivity index (χ1n) is 9.65. The molecule has 4 aromatic rings. The average Bonchev–Trinajstić information content (AvgIpc) is 3.30. The summed E-state index contributed by atoms with van der Waals surface area (Å²) in [6, 6.07) is 13.1. The van der Waals surface area contributed by atoms with Crippen LogP contribution in [0.4, 0.5) is 8.78 Å². The Balaban J connectivity index is 1.44. The zero-order chi connectivity index (χ0) is 20.7. The van der Waals surface area contributed by atoms with Crippen LogP contribution in [-0.2, 0) is 0 Å². The minimum absolute atomic E-state index is 0.0398. The number of rotatable bonds is 4. The van der Waals surface area contributed by atoms with Gasteiger partial charge in [0.25, 0.3) is 0 Å². The molecule has 1 atom stereocenters. The number of hydrogen-bond acceptors (Lipinski definition) is 4. The van der Waals surface area contributed by atoms with Crippen molar-refractivity contribution in [2.75, 3.05) is 0 Å². The molecule has 1 saturated carbocycles. The van der Waals surface area contributed by atoms with Gasteiger partial charge in [-0.05, 0) is 41.8 Å². The molecule has 3 aromatic heterocycles. The van der Waals surface area contributed by atoms with Crippen LogP contribution >= 0.6 is 11.8 Å². The lowest BCUT2D eigenvalue weighted by atomic mass is 10.1. The molecule has 152 valence electrons. The first-order chi connectivity index (χ1) is 14.5. The van der Waals surface area contributed by atoms with Crippen LogP contribution in [0.2, 0.25) is 0 Å². The fraction of sp³-hybridized carbons (Fsp3) is 0.227. The number of nitrogens with one attached hydrogen (secondary N) is 1. The van der Waals surface area contributed by atoms with E-state index >= 15 is 0 Å². The normalized spacial score (nSPS) is 18.1. The predicted octanol–water partition coefficient (Wildman–Crippen LogP) is 5.06. The van der Waals surface area contributed by atoms with Gasteiger partial charge in [-0.25, -0.2) is 18.4 Å². The predicted molar refractivity (Wildman–Crippen MR) is 113 cm³/mol. The summed E-state index contributed by atoms with van der Waals surface area (Å²) in [7, 11) is 0. The van der Waals surface area contributed by atoms with E-state index in [1.807, 2.05) is 36.4 Å². The number of fused-ring (bicyclic) bond motifs is 1. The van der Waals surface area contributed by atoms with Crippen molar-refractivity contribution in [2.24, 2.45) is 0 Å². The lowest BCUT2D eigenvalue weighted by molar-refractivity contribution is 0.00978. The van der Waals surface area contributed by atoms with Gasteiger partial charge in [-0.15, -0.1) is 11.8 Å². The molecule has 1 unspecified atom stereocenters. The van der Waals surface area contributed by atoms with E-state index in [2.05, 4.69) is 15.1 Å². The van der Waals surface area contributed by atoms with Crippen LogP contribution in [-0.4, -0.2) is 30.9 Å². The molecule has 0 amide bonds. The molecule has 0 spiro atoms. The van der Waals surface area contributed by atoms with Crippen molar-refractivity contribution in [1.82, 2.24) is 19.7 Å². The maximum atomic E-state index is 13.5. The number of halogens is 2.